The van der Waals surface area contributed by atoms with Crippen LogP contribution in [0.25, 0.3) is 0 Å². The molecule has 0 atom stereocenters. The molecule has 0 aliphatic carbocycles. The summed E-state index contributed by atoms with van der Waals surface area (Å²) in [4.78, 5) is 12.0. The number of carbonyl (C=O) groups excluding carboxylic acids is 1. The highest BCUT2D eigenvalue weighted by atomic mass is 32.2. The van der Waals surface area contributed by atoms with Crippen LogP contribution in [-0.4, -0.2) is 20.7 Å². The normalized spacial score (nSPS) is 11.0. The fourth-order valence-corrected chi connectivity index (χ4v) is 3.02. The zero-order valence-corrected chi connectivity index (χ0v) is 14.0. The number of benzene rings is 2. The number of anilines is 1. The Hall–Kier alpha value is -2.34. The van der Waals surface area contributed by atoms with Gasteiger partial charge in [-0.05, 0) is 29.7 Å². The van der Waals surface area contributed by atoms with Gasteiger partial charge >= 0.3 is 6.03 Å². The molecule has 0 saturated heterocycles. The van der Waals surface area contributed by atoms with Crippen molar-refractivity contribution in [2.75, 3.05) is 11.6 Å². The Morgan fingerprint density at radius 2 is 1.61 bits per heavy atom. The Labute approximate surface area is 136 Å². The van der Waals surface area contributed by atoms with Crippen molar-refractivity contribution in [3.8, 4) is 0 Å². The lowest BCUT2D eigenvalue weighted by atomic mass is 10.1. The van der Waals surface area contributed by atoms with E-state index in [1.807, 2.05) is 31.2 Å². The SMILES string of the molecule is Cc1ccccc1CNC(=O)Nc1ccccc1CS(C)(=O)=O. The second-order valence-electron chi connectivity index (χ2n) is 5.46. The van der Waals surface area contributed by atoms with Gasteiger partial charge in [-0.2, -0.15) is 0 Å². The van der Waals surface area contributed by atoms with Gasteiger partial charge in [0, 0.05) is 18.5 Å². The van der Waals surface area contributed by atoms with E-state index < -0.39 is 9.84 Å². The van der Waals surface area contributed by atoms with Gasteiger partial charge in [0.05, 0.1) is 5.75 Å². The molecule has 6 heteroatoms. The maximum atomic E-state index is 12.0. The summed E-state index contributed by atoms with van der Waals surface area (Å²) in [6.45, 7) is 2.39. The fourth-order valence-electron chi connectivity index (χ4n) is 2.20. The number of urea groups is 1. The van der Waals surface area contributed by atoms with E-state index >= 15 is 0 Å². The van der Waals surface area contributed by atoms with Crippen molar-refractivity contribution in [2.24, 2.45) is 0 Å². The maximum Gasteiger partial charge on any atom is 0.319 e. The molecule has 0 spiro atoms. The van der Waals surface area contributed by atoms with E-state index in [4.69, 9.17) is 0 Å². The molecule has 2 aromatic carbocycles. The highest BCUT2D eigenvalue weighted by Crippen LogP contribution is 2.17. The largest absolute Gasteiger partial charge is 0.334 e. The molecule has 0 aliphatic heterocycles. The Morgan fingerprint density at radius 3 is 2.26 bits per heavy atom. The molecular formula is C17H20N2O3S. The molecule has 0 aromatic heterocycles. The third-order valence-electron chi connectivity index (χ3n) is 3.38. The number of amides is 2. The van der Waals surface area contributed by atoms with Gasteiger partial charge in [0.1, 0.15) is 0 Å². The first-order chi connectivity index (χ1) is 10.8. The highest BCUT2D eigenvalue weighted by Gasteiger charge is 2.11. The minimum Gasteiger partial charge on any atom is -0.334 e. The Morgan fingerprint density at radius 1 is 1.00 bits per heavy atom. The quantitative estimate of drug-likeness (QED) is 0.884. The van der Waals surface area contributed by atoms with E-state index in [2.05, 4.69) is 10.6 Å². The number of hydrogen-bond donors (Lipinski definition) is 2. The molecule has 2 rings (SSSR count). The van der Waals surface area contributed by atoms with E-state index in [1.165, 1.54) is 6.26 Å². The molecule has 0 saturated carbocycles. The van der Waals surface area contributed by atoms with Crippen LogP contribution >= 0.6 is 0 Å². The van der Waals surface area contributed by atoms with Crippen molar-refractivity contribution in [2.45, 2.75) is 19.2 Å². The van der Waals surface area contributed by atoms with Crippen LogP contribution in [0.4, 0.5) is 10.5 Å². The summed E-state index contributed by atoms with van der Waals surface area (Å²) < 4.78 is 22.9. The van der Waals surface area contributed by atoms with E-state index in [0.29, 0.717) is 17.8 Å². The second kappa shape index (κ2) is 7.28. The Kier molecular flexibility index (Phi) is 5.39. The molecule has 2 amide bonds. The first-order valence-corrected chi connectivity index (χ1v) is 9.26. The molecule has 5 nitrogen and oxygen atoms in total. The predicted molar refractivity (Wildman–Crippen MR) is 92.0 cm³/mol. The van der Waals surface area contributed by atoms with E-state index in [1.54, 1.807) is 24.3 Å². The smallest absolute Gasteiger partial charge is 0.319 e. The molecule has 0 aliphatic rings. The molecule has 0 radical (unpaired) electrons. The zero-order chi connectivity index (χ0) is 16.9. The van der Waals surface area contributed by atoms with Crippen LogP contribution in [0.5, 0.6) is 0 Å². The second-order valence-corrected chi connectivity index (χ2v) is 7.60. The molecular weight excluding hydrogens is 312 g/mol. The summed E-state index contributed by atoms with van der Waals surface area (Å²) in [6, 6.07) is 14.3. The van der Waals surface area contributed by atoms with Crippen LogP contribution in [0.2, 0.25) is 0 Å². The third-order valence-corrected chi connectivity index (χ3v) is 4.22. The standard InChI is InChI=1S/C17H20N2O3S/c1-13-7-3-4-8-14(13)11-18-17(20)19-16-10-6-5-9-15(16)12-23(2,21)22/h3-10H,11-12H2,1-2H3,(H2,18,19,20). The molecule has 0 heterocycles. The Balaban J connectivity index is 2.02. The van der Waals surface area contributed by atoms with E-state index in [-0.39, 0.29) is 11.8 Å². The average Bonchev–Trinajstić information content (AvgIpc) is 2.47. The van der Waals surface area contributed by atoms with Gasteiger partial charge in [-0.1, -0.05) is 42.5 Å². The molecule has 23 heavy (non-hydrogen) atoms. The van der Waals surface area contributed by atoms with Crippen molar-refractivity contribution in [3.05, 3.63) is 65.2 Å². The summed E-state index contributed by atoms with van der Waals surface area (Å²) in [6.07, 6.45) is 1.17. The van der Waals surface area contributed by atoms with Crippen LogP contribution in [0.15, 0.2) is 48.5 Å². The first-order valence-electron chi connectivity index (χ1n) is 7.20. The van der Waals surface area contributed by atoms with Gasteiger partial charge in [-0.3, -0.25) is 0 Å². The molecule has 0 fully saturated rings. The van der Waals surface area contributed by atoms with Crippen molar-refractivity contribution in [1.82, 2.24) is 5.32 Å². The number of sulfone groups is 1. The third kappa shape index (κ3) is 5.41. The molecule has 0 unspecified atom stereocenters. The summed E-state index contributed by atoms with van der Waals surface area (Å²) in [5.41, 5.74) is 3.21. The van der Waals surface area contributed by atoms with Gasteiger partial charge in [0.25, 0.3) is 0 Å². The number of rotatable bonds is 5. The fraction of sp³-hybridized carbons (Fsp3) is 0.235. The molecule has 2 N–H and O–H groups in total. The Bertz CT molecular complexity index is 801. The first kappa shape index (κ1) is 17.0. The molecule has 122 valence electrons. The summed E-state index contributed by atoms with van der Waals surface area (Å²) in [7, 11) is -3.17. The number of hydrogen-bond acceptors (Lipinski definition) is 3. The van der Waals surface area contributed by atoms with Gasteiger partial charge in [-0.25, -0.2) is 13.2 Å². The summed E-state index contributed by atoms with van der Waals surface area (Å²) in [5, 5.41) is 5.49. The number of aryl methyl sites for hydroxylation is 1. The molecule has 0 bridgehead atoms. The van der Waals surface area contributed by atoms with E-state index in [9.17, 15) is 13.2 Å². The number of carbonyl (C=O) groups is 1. The lowest BCUT2D eigenvalue weighted by Crippen LogP contribution is -2.29. The van der Waals surface area contributed by atoms with Crippen LogP contribution in [-0.2, 0) is 22.1 Å². The van der Waals surface area contributed by atoms with Crippen LogP contribution < -0.4 is 10.6 Å². The lowest BCUT2D eigenvalue weighted by Gasteiger charge is -2.12. The van der Waals surface area contributed by atoms with Crippen molar-refractivity contribution in [1.29, 1.82) is 0 Å². The summed E-state index contributed by atoms with van der Waals surface area (Å²) >= 11 is 0. The van der Waals surface area contributed by atoms with Gasteiger partial charge in [0.15, 0.2) is 9.84 Å². The monoisotopic (exact) mass is 332 g/mol. The van der Waals surface area contributed by atoms with Crippen LogP contribution in [0.3, 0.4) is 0 Å². The van der Waals surface area contributed by atoms with Crippen LogP contribution in [0, 0.1) is 6.92 Å². The summed E-state index contributed by atoms with van der Waals surface area (Å²) in [5.74, 6) is -0.110. The van der Waals surface area contributed by atoms with E-state index in [0.717, 1.165) is 11.1 Å². The minimum absolute atomic E-state index is 0.110. The minimum atomic E-state index is -3.17. The number of para-hydroxylation sites is 1. The van der Waals surface area contributed by atoms with Gasteiger partial charge in [0.2, 0.25) is 0 Å². The zero-order valence-electron chi connectivity index (χ0n) is 13.2. The predicted octanol–water partition coefficient (Wildman–Crippen LogP) is 2.86. The topological polar surface area (TPSA) is 75.3 Å². The average molecular weight is 332 g/mol. The van der Waals surface area contributed by atoms with Gasteiger partial charge in [-0.15, -0.1) is 0 Å². The van der Waals surface area contributed by atoms with Crippen LogP contribution in [0.1, 0.15) is 16.7 Å². The maximum absolute atomic E-state index is 12.0. The molecule has 2 aromatic rings. The van der Waals surface area contributed by atoms with Crippen molar-refractivity contribution in [3.63, 3.8) is 0 Å². The van der Waals surface area contributed by atoms with Crippen molar-refractivity contribution >= 4 is 21.6 Å². The highest BCUT2D eigenvalue weighted by molar-refractivity contribution is 7.89. The van der Waals surface area contributed by atoms with Gasteiger partial charge < -0.3 is 10.6 Å². The lowest BCUT2D eigenvalue weighted by molar-refractivity contribution is 0.251. The van der Waals surface area contributed by atoms with Crippen molar-refractivity contribution < 1.29 is 13.2 Å². The number of nitrogens with one attached hydrogen (secondary N) is 2.